The second kappa shape index (κ2) is 9.91. The molecule has 0 aliphatic carbocycles. The molecule has 1 aliphatic rings. The Kier molecular flexibility index (Phi) is 6.80. The average Bonchev–Trinajstić information content (AvgIpc) is 2.81. The number of morpholine rings is 1. The van der Waals surface area contributed by atoms with Crippen molar-refractivity contribution in [1.82, 2.24) is 9.97 Å². The Labute approximate surface area is 185 Å². The highest BCUT2D eigenvalue weighted by atomic mass is 19.1. The molecule has 1 fully saturated rings. The van der Waals surface area contributed by atoms with Crippen LogP contribution in [0.3, 0.4) is 0 Å². The van der Waals surface area contributed by atoms with Crippen LogP contribution >= 0.6 is 0 Å². The van der Waals surface area contributed by atoms with E-state index in [9.17, 15) is 13.7 Å². The number of aromatic nitrogens is 2. The number of halogens is 2. The minimum atomic E-state index is -0.718. The number of nitroso groups, excluding NO2 is 1. The number of benzene rings is 1. The van der Waals surface area contributed by atoms with Gasteiger partial charge in [-0.3, -0.25) is 4.98 Å². The lowest BCUT2D eigenvalue weighted by molar-refractivity contribution is 0.122. The number of hydrogen-bond acceptors (Lipinski definition) is 6. The highest BCUT2D eigenvalue weighted by Crippen LogP contribution is 2.37. The summed E-state index contributed by atoms with van der Waals surface area (Å²) in [5, 5.41) is 3.31. The van der Waals surface area contributed by atoms with Crippen LogP contribution < -0.4 is 4.90 Å². The molecule has 2 aromatic heterocycles. The second-order valence-corrected chi connectivity index (χ2v) is 7.86. The molecule has 0 amide bonds. The molecule has 4 rings (SSSR count). The summed E-state index contributed by atoms with van der Waals surface area (Å²) in [5.41, 5.74) is 2.49. The van der Waals surface area contributed by atoms with Gasteiger partial charge in [0.25, 0.3) is 0 Å². The van der Waals surface area contributed by atoms with Crippen molar-refractivity contribution in [2.24, 2.45) is 5.18 Å². The SMILES string of the molecule is Cc1cc(C(CC(c2ccc(N3CCOCC3)nc2)c2ccc(F)cc2F)N=O)ccn1. The van der Waals surface area contributed by atoms with Crippen LogP contribution in [-0.4, -0.2) is 36.3 Å². The van der Waals surface area contributed by atoms with Gasteiger partial charge in [-0.1, -0.05) is 17.3 Å². The van der Waals surface area contributed by atoms with E-state index in [2.05, 4.69) is 20.0 Å². The molecule has 0 bridgehead atoms. The monoisotopic (exact) mass is 438 g/mol. The van der Waals surface area contributed by atoms with Gasteiger partial charge in [0.2, 0.25) is 0 Å². The largest absolute Gasteiger partial charge is 0.378 e. The van der Waals surface area contributed by atoms with E-state index < -0.39 is 23.6 Å². The Bertz CT molecular complexity index is 1070. The van der Waals surface area contributed by atoms with Crippen molar-refractivity contribution in [3.8, 4) is 0 Å². The number of pyridine rings is 2. The molecule has 0 saturated carbocycles. The standard InChI is InChI=1S/C24H24F2N4O2/c1-16-12-17(6-7-27-16)23(29-31)14-21(20-4-3-19(25)13-22(20)26)18-2-5-24(28-15-18)30-8-10-32-11-9-30/h2-7,12-13,15,21,23H,8-11,14H2,1H3. The van der Waals surface area contributed by atoms with Crippen molar-refractivity contribution in [3.63, 3.8) is 0 Å². The molecule has 3 heterocycles. The van der Waals surface area contributed by atoms with Crippen molar-refractivity contribution >= 4 is 5.82 Å². The number of ether oxygens (including phenoxy) is 1. The topological polar surface area (TPSA) is 67.7 Å². The van der Waals surface area contributed by atoms with Crippen LogP contribution in [0.5, 0.6) is 0 Å². The van der Waals surface area contributed by atoms with E-state index in [1.807, 2.05) is 19.1 Å². The zero-order valence-corrected chi connectivity index (χ0v) is 17.7. The van der Waals surface area contributed by atoms with E-state index in [1.165, 1.54) is 12.1 Å². The van der Waals surface area contributed by atoms with E-state index in [4.69, 9.17) is 4.74 Å². The van der Waals surface area contributed by atoms with Gasteiger partial charge in [0, 0.05) is 43.2 Å². The fraction of sp³-hybridized carbons (Fsp3) is 0.333. The summed E-state index contributed by atoms with van der Waals surface area (Å²) in [6, 6.07) is 10.1. The van der Waals surface area contributed by atoms with Crippen LogP contribution in [0.1, 0.15) is 40.8 Å². The first-order valence-corrected chi connectivity index (χ1v) is 10.5. The predicted octanol–water partition coefficient (Wildman–Crippen LogP) is 4.93. The van der Waals surface area contributed by atoms with Crippen LogP contribution in [0.25, 0.3) is 0 Å². The first kappa shape index (κ1) is 22.0. The maximum Gasteiger partial charge on any atom is 0.129 e. The number of rotatable bonds is 7. The molecular weight excluding hydrogens is 414 g/mol. The van der Waals surface area contributed by atoms with Crippen molar-refractivity contribution in [3.05, 3.63) is 93.8 Å². The highest BCUT2D eigenvalue weighted by Gasteiger charge is 2.25. The second-order valence-electron chi connectivity index (χ2n) is 7.86. The van der Waals surface area contributed by atoms with Crippen molar-refractivity contribution in [1.29, 1.82) is 0 Å². The molecule has 1 saturated heterocycles. The molecule has 0 spiro atoms. The molecule has 3 aromatic rings. The van der Waals surface area contributed by atoms with Crippen LogP contribution in [0, 0.1) is 23.5 Å². The third-order valence-corrected chi connectivity index (χ3v) is 5.74. The maximum atomic E-state index is 14.8. The summed E-state index contributed by atoms with van der Waals surface area (Å²) < 4.78 is 33.7. The van der Waals surface area contributed by atoms with Crippen molar-refractivity contribution in [2.45, 2.75) is 25.3 Å². The molecule has 8 heteroatoms. The Morgan fingerprint density at radius 3 is 2.53 bits per heavy atom. The summed E-state index contributed by atoms with van der Waals surface area (Å²) in [5.74, 6) is -1.04. The number of hydrogen-bond donors (Lipinski definition) is 0. The Morgan fingerprint density at radius 2 is 1.88 bits per heavy atom. The summed E-state index contributed by atoms with van der Waals surface area (Å²) >= 11 is 0. The zero-order valence-electron chi connectivity index (χ0n) is 17.7. The minimum Gasteiger partial charge on any atom is -0.378 e. The quantitative estimate of drug-likeness (QED) is 0.490. The number of nitrogens with zero attached hydrogens (tertiary/aromatic N) is 4. The molecule has 0 N–H and O–H groups in total. The Balaban J connectivity index is 1.68. The van der Waals surface area contributed by atoms with Crippen LogP contribution in [0.15, 0.2) is 60.0 Å². The third kappa shape index (κ3) is 4.96. The molecule has 32 heavy (non-hydrogen) atoms. The molecular formula is C24H24F2N4O2. The molecule has 1 aliphatic heterocycles. The first-order valence-electron chi connectivity index (χ1n) is 10.5. The molecule has 6 nitrogen and oxygen atoms in total. The summed E-state index contributed by atoms with van der Waals surface area (Å²) in [7, 11) is 0. The molecule has 2 unspecified atom stereocenters. The fourth-order valence-corrected chi connectivity index (χ4v) is 4.05. The van der Waals surface area contributed by atoms with Crippen molar-refractivity contribution in [2.75, 3.05) is 31.2 Å². The molecule has 1 aromatic carbocycles. The Hall–Kier alpha value is -3.26. The van der Waals surface area contributed by atoms with Gasteiger partial charge < -0.3 is 9.64 Å². The van der Waals surface area contributed by atoms with E-state index in [1.54, 1.807) is 24.5 Å². The van der Waals surface area contributed by atoms with E-state index >= 15 is 0 Å². The normalized spacial score (nSPS) is 15.9. The minimum absolute atomic E-state index is 0.216. The van der Waals surface area contributed by atoms with E-state index in [-0.39, 0.29) is 6.42 Å². The van der Waals surface area contributed by atoms with Crippen LogP contribution in [0.2, 0.25) is 0 Å². The van der Waals surface area contributed by atoms with Gasteiger partial charge in [-0.25, -0.2) is 13.8 Å². The summed E-state index contributed by atoms with van der Waals surface area (Å²) in [4.78, 5) is 22.6. The number of aryl methyl sites for hydroxylation is 1. The summed E-state index contributed by atoms with van der Waals surface area (Å²) in [6.45, 7) is 4.62. The lowest BCUT2D eigenvalue weighted by Gasteiger charge is -2.28. The van der Waals surface area contributed by atoms with Crippen LogP contribution in [-0.2, 0) is 4.74 Å². The van der Waals surface area contributed by atoms with Gasteiger partial charge in [-0.2, -0.15) is 4.91 Å². The highest BCUT2D eigenvalue weighted by molar-refractivity contribution is 5.42. The third-order valence-electron chi connectivity index (χ3n) is 5.74. The first-order chi connectivity index (χ1) is 15.5. The van der Waals surface area contributed by atoms with Gasteiger partial charge in [-0.05, 0) is 54.3 Å². The Morgan fingerprint density at radius 1 is 1.06 bits per heavy atom. The maximum absolute atomic E-state index is 14.8. The lowest BCUT2D eigenvalue weighted by Crippen LogP contribution is -2.36. The predicted molar refractivity (Wildman–Crippen MR) is 118 cm³/mol. The van der Waals surface area contributed by atoms with Gasteiger partial charge in [0.15, 0.2) is 0 Å². The molecule has 2 atom stereocenters. The average molecular weight is 438 g/mol. The van der Waals surface area contributed by atoms with Crippen molar-refractivity contribution < 1.29 is 13.5 Å². The van der Waals surface area contributed by atoms with Gasteiger partial charge in [0.05, 0.1) is 13.2 Å². The van der Waals surface area contributed by atoms with Gasteiger partial charge in [0.1, 0.15) is 23.5 Å². The zero-order chi connectivity index (χ0) is 22.5. The van der Waals surface area contributed by atoms with E-state index in [0.29, 0.717) is 24.3 Å². The van der Waals surface area contributed by atoms with Gasteiger partial charge >= 0.3 is 0 Å². The number of anilines is 1. The molecule has 166 valence electrons. The van der Waals surface area contributed by atoms with Crippen LogP contribution in [0.4, 0.5) is 14.6 Å². The van der Waals surface area contributed by atoms with Gasteiger partial charge in [-0.15, -0.1) is 0 Å². The summed E-state index contributed by atoms with van der Waals surface area (Å²) in [6.07, 6.45) is 3.53. The fourth-order valence-electron chi connectivity index (χ4n) is 4.05. The lowest BCUT2D eigenvalue weighted by atomic mass is 9.84. The smallest absolute Gasteiger partial charge is 0.129 e. The molecule has 0 radical (unpaired) electrons. The van der Waals surface area contributed by atoms with E-state index in [0.717, 1.165) is 36.2 Å².